The van der Waals surface area contributed by atoms with Crippen LogP contribution in [0.15, 0.2) is 91.0 Å². The van der Waals surface area contributed by atoms with E-state index in [2.05, 4.69) is 16.0 Å². The topological polar surface area (TPSA) is 203 Å². The molecule has 1 heterocycles. The van der Waals surface area contributed by atoms with Gasteiger partial charge in [-0.1, -0.05) is 155 Å². The molecule has 3 aliphatic rings. The standard InChI is InChI=1S/C55H79N7O5/c1-59-48(37-42-26-13-5-14-27-42)53(66)61-47(30-17-18-32-56)54(67)62-33-19-31-49(62)51(64)55(43-28-15-6-16-29-43,50(63)45(57)35-40-22-9-3-10-23-40)38-44(34-39-20-7-2-8-21-39)60-52(65)46(58)36-41-24-11-4-12-25-41/h2,5-8,13-16,20-21,26-29,40-41,44-49,59H,3-4,9-12,17-19,22-25,30-38,56-58H2,1H3,(H,60,65)(H,61,66)/t44?,45-,46+,47+,48+,49+,55?/m1/s1. The number of amides is 3. The lowest BCUT2D eigenvalue weighted by Gasteiger charge is -2.41. The minimum absolute atomic E-state index is 0.0671. The Bertz CT molecular complexity index is 2010. The van der Waals surface area contributed by atoms with Crippen LogP contribution < -0.4 is 33.2 Å². The molecule has 12 heteroatoms. The molecule has 7 atom stereocenters. The maximum Gasteiger partial charge on any atom is 0.245 e. The third-order valence-electron chi connectivity index (χ3n) is 15.0. The fourth-order valence-corrected chi connectivity index (χ4v) is 11.3. The van der Waals surface area contributed by atoms with Gasteiger partial charge < -0.3 is 38.1 Å². The van der Waals surface area contributed by atoms with Gasteiger partial charge in [0, 0.05) is 12.6 Å². The van der Waals surface area contributed by atoms with Gasteiger partial charge in [-0.2, -0.15) is 0 Å². The van der Waals surface area contributed by atoms with Crippen LogP contribution in [0.2, 0.25) is 0 Å². The van der Waals surface area contributed by atoms with Crippen LogP contribution in [0.25, 0.3) is 0 Å². The quantitative estimate of drug-likeness (QED) is 0.0422. The molecule has 9 N–H and O–H groups in total. The number of carbonyl (C=O) groups excluding carboxylic acids is 5. The number of unbranched alkanes of at least 4 members (excludes halogenated alkanes) is 1. The van der Waals surface area contributed by atoms with Gasteiger partial charge in [0.1, 0.15) is 11.5 Å². The van der Waals surface area contributed by atoms with Crippen LogP contribution in [-0.2, 0) is 42.2 Å². The van der Waals surface area contributed by atoms with E-state index in [1.807, 2.05) is 91.0 Å². The molecule has 0 bridgehead atoms. The highest BCUT2D eigenvalue weighted by Gasteiger charge is 2.55. The number of nitrogens with one attached hydrogen (secondary N) is 3. The van der Waals surface area contributed by atoms with E-state index in [9.17, 15) is 9.59 Å². The SMILES string of the molecule is CN[C@@H](Cc1ccccc1)C(=O)N[C@@H](CCCCN)C(=O)N1CCC[C@H]1C(=O)C(CC(Cc1ccccc1)NC(=O)[C@@H](N)CC1CCCCC1)(C(=O)[C@H](N)CC1CCCCC1)c1ccccc1. The Morgan fingerprint density at radius 2 is 1.19 bits per heavy atom. The number of hydrogen-bond acceptors (Lipinski definition) is 9. The van der Waals surface area contributed by atoms with Crippen molar-refractivity contribution in [2.45, 2.75) is 170 Å². The molecule has 0 spiro atoms. The summed E-state index contributed by atoms with van der Waals surface area (Å²) in [6.45, 7) is 0.715. The van der Waals surface area contributed by atoms with E-state index in [4.69, 9.17) is 17.2 Å². The lowest BCUT2D eigenvalue weighted by Crippen LogP contribution is -2.62. The third kappa shape index (κ3) is 14.2. The van der Waals surface area contributed by atoms with E-state index in [1.165, 1.54) is 6.42 Å². The predicted octanol–water partition coefficient (Wildman–Crippen LogP) is 6.21. The molecule has 0 aromatic heterocycles. The maximum absolute atomic E-state index is 16.2. The van der Waals surface area contributed by atoms with Gasteiger partial charge in [0.05, 0.1) is 24.2 Å². The summed E-state index contributed by atoms with van der Waals surface area (Å²) in [5.41, 5.74) is 20.3. The number of Topliss-reactive ketones (excluding diaryl/α,β-unsaturated/α-hetero) is 2. The molecule has 0 radical (unpaired) electrons. The van der Waals surface area contributed by atoms with E-state index in [0.717, 1.165) is 68.9 Å². The zero-order valence-electron chi connectivity index (χ0n) is 40.1. The van der Waals surface area contributed by atoms with E-state index >= 15 is 14.4 Å². The number of rotatable bonds is 25. The zero-order valence-corrected chi connectivity index (χ0v) is 40.1. The second kappa shape index (κ2) is 26.1. The summed E-state index contributed by atoms with van der Waals surface area (Å²) in [7, 11) is 1.73. The molecular weight excluding hydrogens is 839 g/mol. The molecule has 3 aromatic carbocycles. The Morgan fingerprint density at radius 3 is 1.76 bits per heavy atom. The van der Waals surface area contributed by atoms with Crippen LogP contribution in [-0.4, -0.2) is 90.6 Å². The van der Waals surface area contributed by atoms with Gasteiger partial charge >= 0.3 is 0 Å². The summed E-state index contributed by atoms with van der Waals surface area (Å²) in [5.74, 6) is -1.16. The average molecular weight is 918 g/mol. The molecule has 1 saturated heterocycles. The van der Waals surface area contributed by atoms with Crippen molar-refractivity contribution in [1.29, 1.82) is 0 Å². The lowest BCUT2D eigenvalue weighted by molar-refractivity contribution is -0.146. The first-order valence-electron chi connectivity index (χ1n) is 25.6. The normalized spacial score (nSPS) is 20.2. The summed E-state index contributed by atoms with van der Waals surface area (Å²) >= 11 is 0. The second-order valence-corrected chi connectivity index (χ2v) is 19.9. The van der Waals surface area contributed by atoms with Crippen molar-refractivity contribution in [3.63, 3.8) is 0 Å². The number of likely N-dealkylation sites (tertiary alicyclic amines) is 1. The highest BCUT2D eigenvalue weighted by molar-refractivity contribution is 6.17. The molecule has 3 amide bonds. The van der Waals surface area contributed by atoms with Crippen LogP contribution in [0.5, 0.6) is 0 Å². The number of hydrogen-bond donors (Lipinski definition) is 6. The van der Waals surface area contributed by atoms with Crippen molar-refractivity contribution < 1.29 is 24.0 Å². The first kappa shape index (κ1) is 51.6. The van der Waals surface area contributed by atoms with E-state index < -0.39 is 53.2 Å². The van der Waals surface area contributed by atoms with Gasteiger partial charge in [-0.15, -0.1) is 0 Å². The van der Waals surface area contributed by atoms with Crippen molar-refractivity contribution in [3.8, 4) is 0 Å². The molecule has 3 fully saturated rings. The first-order chi connectivity index (χ1) is 32.5. The van der Waals surface area contributed by atoms with Gasteiger partial charge in [-0.3, -0.25) is 24.0 Å². The summed E-state index contributed by atoms with van der Waals surface area (Å²) in [6, 6.07) is 23.7. The van der Waals surface area contributed by atoms with Gasteiger partial charge in [-0.05, 0) is 106 Å². The number of nitrogens with two attached hydrogens (primary N) is 3. The largest absolute Gasteiger partial charge is 0.352 e. The fourth-order valence-electron chi connectivity index (χ4n) is 11.3. The van der Waals surface area contributed by atoms with Crippen molar-refractivity contribution in [2.24, 2.45) is 29.0 Å². The zero-order chi connectivity index (χ0) is 47.6. The molecule has 2 unspecified atom stereocenters. The number of nitrogens with zero attached hydrogens (tertiary/aromatic N) is 1. The van der Waals surface area contributed by atoms with Gasteiger partial charge in [-0.25, -0.2) is 0 Å². The lowest BCUT2D eigenvalue weighted by atomic mass is 9.64. The van der Waals surface area contributed by atoms with Crippen LogP contribution in [0.1, 0.15) is 132 Å². The van der Waals surface area contributed by atoms with E-state index in [1.54, 1.807) is 11.9 Å². The van der Waals surface area contributed by atoms with Crippen LogP contribution in [0.4, 0.5) is 0 Å². The maximum atomic E-state index is 16.2. The molecular formula is C55H79N7O5. The van der Waals surface area contributed by atoms with Gasteiger partial charge in [0.15, 0.2) is 11.6 Å². The van der Waals surface area contributed by atoms with Crippen LogP contribution in [0.3, 0.4) is 0 Å². The molecule has 3 aromatic rings. The number of likely N-dealkylation sites (N-methyl/N-ethyl adjacent to an activating group) is 1. The Kier molecular flexibility index (Phi) is 20.1. The van der Waals surface area contributed by atoms with Crippen molar-refractivity contribution in [1.82, 2.24) is 20.9 Å². The second-order valence-electron chi connectivity index (χ2n) is 19.9. The molecule has 2 aliphatic carbocycles. The minimum Gasteiger partial charge on any atom is -0.352 e. The Hall–Kier alpha value is -4.75. The average Bonchev–Trinajstić information content (AvgIpc) is 3.85. The number of benzene rings is 3. The summed E-state index contributed by atoms with van der Waals surface area (Å²) in [4.78, 5) is 77.0. The van der Waals surface area contributed by atoms with Crippen molar-refractivity contribution >= 4 is 29.3 Å². The predicted molar refractivity (Wildman–Crippen MR) is 266 cm³/mol. The van der Waals surface area contributed by atoms with E-state index in [-0.39, 0.29) is 36.6 Å². The first-order valence-corrected chi connectivity index (χ1v) is 25.6. The molecule has 6 rings (SSSR count). The van der Waals surface area contributed by atoms with Crippen molar-refractivity contribution in [3.05, 3.63) is 108 Å². The van der Waals surface area contributed by atoms with Crippen molar-refractivity contribution in [2.75, 3.05) is 20.1 Å². The minimum atomic E-state index is -1.84. The Balaban J connectivity index is 1.38. The third-order valence-corrected chi connectivity index (χ3v) is 15.0. The number of ketones is 2. The summed E-state index contributed by atoms with van der Waals surface area (Å²) < 4.78 is 0. The molecule has 364 valence electrons. The Morgan fingerprint density at radius 1 is 0.642 bits per heavy atom. The van der Waals surface area contributed by atoms with Crippen LogP contribution in [0, 0.1) is 11.8 Å². The fraction of sp³-hybridized carbons (Fsp3) is 0.582. The summed E-state index contributed by atoms with van der Waals surface area (Å²) in [6.07, 6.45) is 15.0. The molecule has 67 heavy (non-hydrogen) atoms. The monoisotopic (exact) mass is 918 g/mol. The molecule has 2 saturated carbocycles. The highest BCUT2D eigenvalue weighted by Crippen LogP contribution is 2.40. The molecule has 12 nitrogen and oxygen atoms in total. The van der Waals surface area contributed by atoms with E-state index in [0.29, 0.717) is 75.8 Å². The summed E-state index contributed by atoms with van der Waals surface area (Å²) in [5, 5.41) is 9.48. The Labute approximate surface area is 399 Å². The molecule has 1 aliphatic heterocycles. The van der Waals surface area contributed by atoms with Crippen LogP contribution >= 0.6 is 0 Å². The van der Waals surface area contributed by atoms with Gasteiger partial charge in [0.2, 0.25) is 17.7 Å². The highest BCUT2D eigenvalue weighted by atomic mass is 16.2. The van der Waals surface area contributed by atoms with Gasteiger partial charge in [0.25, 0.3) is 0 Å². The number of carbonyl (C=O) groups is 5. The smallest absolute Gasteiger partial charge is 0.245 e.